The van der Waals surface area contributed by atoms with E-state index in [1.807, 2.05) is 90.1 Å². The first-order valence-corrected chi connectivity index (χ1v) is 10.9. The highest BCUT2D eigenvalue weighted by Gasteiger charge is 2.52. The van der Waals surface area contributed by atoms with Crippen molar-refractivity contribution in [3.63, 3.8) is 0 Å². The highest BCUT2D eigenvalue weighted by molar-refractivity contribution is 6.56. The fourth-order valence-corrected chi connectivity index (χ4v) is 3.48. The van der Waals surface area contributed by atoms with Crippen LogP contribution in [0.5, 0.6) is 0 Å². The van der Waals surface area contributed by atoms with Gasteiger partial charge in [-0.3, -0.25) is 0 Å². The average Bonchev–Trinajstić information content (AvgIpc) is 2.94. The van der Waals surface area contributed by atoms with Crippen LogP contribution in [0.15, 0.2) is 47.9 Å². The summed E-state index contributed by atoms with van der Waals surface area (Å²) in [5, 5.41) is 2.82. The molecule has 0 spiro atoms. The highest BCUT2D eigenvalue weighted by Crippen LogP contribution is 2.39. The van der Waals surface area contributed by atoms with E-state index < -0.39 is 24.4 Å². The molecule has 2 aromatic carbocycles. The highest BCUT2D eigenvalue weighted by atomic mass is 16.7. The van der Waals surface area contributed by atoms with E-state index in [2.05, 4.69) is 5.32 Å². The molecule has 3 rings (SSSR count). The Hall–Kier alpha value is -2.77. The molecule has 32 heavy (non-hydrogen) atoms. The first-order chi connectivity index (χ1) is 15.0. The Morgan fingerprint density at radius 1 is 1.09 bits per heavy atom. The van der Waals surface area contributed by atoms with Crippen molar-refractivity contribution < 1.29 is 18.8 Å². The van der Waals surface area contributed by atoms with E-state index in [1.54, 1.807) is 0 Å². The van der Waals surface area contributed by atoms with Crippen LogP contribution in [0.4, 0.5) is 10.5 Å². The topological polar surface area (TPSA) is 82.8 Å². The van der Waals surface area contributed by atoms with E-state index in [9.17, 15) is 4.79 Å². The molecule has 1 heterocycles. The van der Waals surface area contributed by atoms with Gasteiger partial charge in [0, 0.05) is 12.2 Å². The number of aryl methyl sites for hydroxylation is 2. The summed E-state index contributed by atoms with van der Waals surface area (Å²) in [4.78, 5) is 12.4. The van der Waals surface area contributed by atoms with Crippen LogP contribution in [-0.4, -0.2) is 31.0 Å². The summed E-state index contributed by atoms with van der Waals surface area (Å²) in [5.74, 6) is 0. The largest absolute Gasteiger partial charge is 0.492 e. The predicted molar refractivity (Wildman–Crippen MR) is 129 cm³/mol. The van der Waals surface area contributed by atoms with Gasteiger partial charge in [0.25, 0.3) is 0 Å². The van der Waals surface area contributed by atoms with Crippen molar-refractivity contribution in [2.24, 2.45) is 0 Å². The third-order valence-corrected chi connectivity index (χ3v) is 6.11. The number of carbonyl (C=O) groups is 1. The van der Waals surface area contributed by atoms with Gasteiger partial charge in [0.15, 0.2) is 0 Å². The third kappa shape index (κ3) is 5.53. The number of rotatable bonds is 6. The molecule has 6 nitrogen and oxygen atoms in total. The van der Waals surface area contributed by atoms with E-state index in [4.69, 9.17) is 19.8 Å². The molecule has 3 N–H and O–H groups in total. The lowest BCUT2D eigenvalue weighted by Gasteiger charge is -2.32. The van der Waals surface area contributed by atoms with E-state index >= 15 is 0 Å². The molecule has 0 aromatic heterocycles. The van der Waals surface area contributed by atoms with Gasteiger partial charge < -0.3 is 25.1 Å². The number of alkyl carbamates (subject to hydrolysis) is 1. The summed E-state index contributed by atoms with van der Waals surface area (Å²) in [6.45, 7) is 12.4. The number of nitrogens with one attached hydrogen (secondary N) is 1. The van der Waals surface area contributed by atoms with E-state index in [0.717, 1.165) is 27.7 Å². The maximum Gasteiger partial charge on any atom is 0.492 e. The molecule has 0 saturated carbocycles. The number of carbonyl (C=O) groups excluding carboxylic acids is 1. The van der Waals surface area contributed by atoms with Gasteiger partial charge in [0.2, 0.25) is 0 Å². The number of nitrogen functional groups attached to an aromatic ring is 1. The molecule has 0 unspecified atom stereocenters. The zero-order chi connectivity index (χ0) is 23.5. The first-order valence-electron chi connectivity index (χ1n) is 10.9. The Balaban J connectivity index is 1.79. The molecule has 7 heteroatoms. The number of ether oxygens (including phenoxy) is 1. The molecule has 0 aliphatic carbocycles. The van der Waals surface area contributed by atoms with Crippen molar-refractivity contribution in [3.8, 4) is 0 Å². The Labute approximate surface area is 191 Å². The van der Waals surface area contributed by atoms with Crippen LogP contribution in [0, 0.1) is 13.8 Å². The lowest BCUT2D eigenvalue weighted by Crippen LogP contribution is -2.41. The maximum absolute atomic E-state index is 12.4. The molecule has 1 saturated heterocycles. The quantitative estimate of drug-likeness (QED) is 0.501. The van der Waals surface area contributed by atoms with E-state index in [1.165, 1.54) is 0 Å². The zero-order valence-corrected chi connectivity index (χ0v) is 19.8. The van der Waals surface area contributed by atoms with Gasteiger partial charge in [-0.25, -0.2) is 4.79 Å². The standard InChI is InChI=1S/C25H33BN2O4/c1-17-12-18(2)22(27)20(13-17)14-21(26-31-24(3,4)25(5,6)32-26)15-28-23(29)30-16-19-10-8-7-9-11-19/h7-14H,15-16,27H2,1-6H3,(H,28,29). The molecular formula is C25H33BN2O4. The van der Waals surface area contributed by atoms with Crippen molar-refractivity contribution in [1.29, 1.82) is 0 Å². The summed E-state index contributed by atoms with van der Waals surface area (Å²) < 4.78 is 17.8. The summed E-state index contributed by atoms with van der Waals surface area (Å²) in [5.41, 5.74) is 10.7. The SMILES string of the molecule is Cc1cc(C)c(N)c(C=C(CNC(=O)OCc2ccccc2)B2OC(C)(C)C(C)(C)O2)c1. The van der Waals surface area contributed by atoms with Crippen molar-refractivity contribution in [3.05, 3.63) is 70.2 Å². The molecule has 170 valence electrons. The number of anilines is 1. The fraction of sp³-hybridized carbons (Fsp3) is 0.400. The summed E-state index contributed by atoms with van der Waals surface area (Å²) in [6.07, 6.45) is 1.43. The van der Waals surface area contributed by atoms with Crippen LogP contribution in [0.1, 0.15) is 49.9 Å². The third-order valence-electron chi connectivity index (χ3n) is 6.11. The molecule has 0 atom stereocenters. The molecule has 1 amide bonds. The number of nitrogens with two attached hydrogens (primary N) is 1. The second-order valence-corrected chi connectivity index (χ2v) is 9.31. The Bertz CT molecular complexity index is 987. The molecule has 0 radical (unpaired) electrons. The van der Waals surface area contributed by atoms with Crippen LogP contribution in [-0.2, 0) is 20.7 Å². The van der Waals surface area contributed by atoms with Crippen LogP contribution in [0.2, 0.25) is 0 Å². The normalized spacial score (nSPS) is 17.3. The smallest absolute Gasteiger partial charge is 0.445 e. The molecule has 0 bridgehead atoms. The van der Waals surface area contributed by atoms with E-state index in [-0.39, 0.29) is 13.2 Å². The molecule has 1 aliphatic rings. The summed E-state index contributed by atoms with van der Waals surface area (Å²) >= 11 is 0. The Kier molecular flexibility index (Phi) is 7.01. The monoisotopic (exact) mass is 436 g/mol. The van der Waals surface area contributed by atoms with Crippen LogP contribution < -0.4 is 11.1 Å². The van der Waals surface area contributed by atoms with Gasteiger partial charge in [-0.1, -0.05) is 48.0 Å². The fourth-order valence-electron chi connectivity index (χ4n) is 3.48. The van der Waals surface area contributed by atoms with Crippen LogP contribution >= 0.6 is 0 Å². The Morgan fingerprint density at radius 3 is 2.34 bits per heavy atom. The molecule has 1 fully saturated rings. The second-order valence-electron chi connectivity index (χ2n) is 9.31. The van der Waals surface area contributed by atoms with Crippen molar-refractivity contribution in [2.45, 2.75) is 59.4 Å². The van der Waals surface area contributed by atoms with Crippen molar-refractivity contribution in [2.75, 3.05) is 12.3 Å². The Morgan fingerprint density at radius 2 is 1.72 bits per heavy atom. The lowest BCUT2D eigenvalue weighted by molar-refractivity contribution is 0.00578. The lowest BCUT2D eigenvalue weighted by atomic mass is 9.76. The van der Waals surface area contributed by atoms with Gasteiger partial charge >= 0.3 is 13.2 Å². The summed E-state index contributed by atoms with van der Waals surface area (Å²) in [6, 6.07) is 13.6. The summed E-state index contributed by atoms with van der Waals surface area (Å²) in [7, 11) is -0.616. The number of amides is 1. The molecule has 2 aromatic rings. The molecule has 1 aliphatic heterocycles. The van der Waals surface area contributed by atoms with Gasteiger partial charge in [-0.2, -0.15) is 0 Å². The minimum atomic E-state index is -0.616. The van der Waals surface area contributed by atoms with Gasteiger partial charge in [0.1, 0.15) is 6.61 Å². The second kappa shape index (κ2) is 9.39. The number of hydrogen-bond acceptors (Lipinski definition) is 5. The van der Waals surface area contributed by atoms with Gasteiger partial charge in [-0.05, 0) is 69.8 Å². The number of benzene rings is 2. The van der Waals surface area contributed by atoms with Gasteiger partial charge in [-0.15, -0.1) is 0 Å². The molecular weight excluding hydrogens is 403 g/mol. The minimum absolute atomic E-state index is 0.201. The van der Waals surface area contributed by atoms with Crippen LogP contribution in [0.25, 0.3) is 6.08 Å². The number of hydrogen-bond donors (Lipinski definition) is 2. The maximum atomic E-state index is 12.4. The predicted octanol–water partition coefficient (Wildman–Crippen LogP) is 4.83. The van der Waals surface area contributed by atoms with Crippen molar-refractivity contribution >= 4 is 25.0 Å². The zero-order valence-electron chi connectivity index (χ0n) is 19.8. The van der Waals surface area contributed by atoms with E-state index in [0.29, 0.717) is 5.69 Å². The average molecular weight is 436 g/mol. The van der Waals surface area contributed by atoms with Crippen LogP contribution in [0.3, 0.4) is 0 Å². The first kappa shape index (κ1) is 23.9. The van der Waals surface area contributed by atoms with Gasteiger partial charge in [0.05, 0.1) is 11.2 Å². The minimum Gasteiger partial charge on any atom is -0.445 e. The van der Waals surface area contributed by atoms with Crippen molar-refractivity contribution in [1.82, 2.24) is 5.32 Å².